The van der Waals surface area contributed by atoms with Crippen molar-refractivity contribution in [3.05, 3.63) is 28.2 Å². The van der Waals surface area contributed by atoms with E-state index in [0.29, 0.717) is 12.0 Å². The van der Waals surface area contributed by atoms with Gasteiger partial charge in [0.2, 0.25) is 0 Å². The minimum atomic E-state index is 0.566. The van der Waals surface area contributed by atoms with Crippen LogP contribution in [0.4, 0.5) is 5.69 Å². The molecule has 0 saturated heterocycles. The Bertz CT molecular complexity index is 363. The second-order valence-electron chi connectivity index (χ2n) is 4.89. The van der Waals surface area contributed by atoms with Crippen molar-refractivity contribution in [2.24, 2.45) is 5.92 Å². The lowest BCUT2D eigenvalue weighted by atomic mass is 9.99. The molecular weight excluding hydrogens is 264 g/mol. The van der Waals surface area contributed by atoms with Crippen LogP contribution < -0.4 is 10.6 Å². The van der Waals surface area contributed by atoms with Gasteiger partial charge in [0.05, 0.1) is 0 Å². The van der Waals surface area contributed by atoms with Gasteiger partial charge in [-0.05, 0) is 36.6 Å². The van der Waals surface area contributed by atoms with Gasteiger partial charge < -0.3 is 10.6 Å². The van der Waals surface area contributed by atoms with E-state index in [9.17, 15) is 0 Å². The van der Waals surface area contributed by atoms with Gasteiger partial charge in [-0.1, -0.05) is 35.8 Å². The molecule has 1 aliphatic rings. The van der Waals surface area contributed by atoms with E-state index in [2.05, 4.69) is 58.6 Å². The molecule has 1 aromatic rings. The average molecular weight is 283 g/mol. The van der Waals surface area contributed by atoms with Crippen LogP contribution in [0.5, 0.6) is 0 Å². The van der Waals surface area contributed by atoms with Crippen molar-refractivity contribution in [3.63, 3.8) is 0 Å². The van der Waals surface area contributed by atoms with Crippen molar-refractivity contribution in [2.75, 3.05) is 18.4 Å². The number of anilines is 1. The Morgan fingerprint density at radius 3 is 3.06 bits per heavy atom. The molecule has 2 nitrogen and oxygen atoms in total. The van der Waals surface area contributed by atoms with Crippen LogP contribution >= 0.6 is 15.9 Å². The van der Waals surface area contributed by atoms with E-state index < -0.39 is 0 Å². The molecule has 1 aliphatic heterocycles. The van der Waals surface area contributed by atoms with Gasteiger partial charge in [0.15, 0.2) is 0 Å². The molecule has 0 bridgehead atoms. The zero-order chi connectivity index (χ0) is 11.5. The molecule has 16 heavy (non-hydrogen) atoms. The molecule has 0 aromatic heterocycles. The first-order valence-corrected chi connectivity index (χ1v) is 6.70. The molecule has 0 spiro atoms. The maximum absolute atomic E-state index is 3.60. The molecule has 1 heterocycles. The minimum absolute atomic E-state index is 0.566. The highest BCUT2D eigenvalue weighted by atomic mass is 79.9. The highest BCUT2D eigenvalue weighted by Crippen LogP contribution is 2.25. The summed E-state index contributed by atoms with van der Waals surface area (Å²) in [4.78, 5) is 0. The highest BCUT2D eigenvalue weighted by molar-refractivity contribution is 9.10. The third kappa shape index (κ3) is 2.98. The van der Waals surface area contributed by atoms with Gasteiger partial charge in [0.1, 0.15) is 0 Å². The van der Waals surface area contributed by atoms with Crippen LogP contribution in [-0.4, -0.2) is 19.1 Å². The molecule has 3 heteroatoms. The third-order valence-electron chi connectivity index (χ3n) is 2.89. The average Bonchev–Trinajstić information content (AvgIpc) is 2.26. The van der Waals surface area contributed by atoms with Crippen LogP contribution in [0.15, 0.2) is 22.7 Å². The Balaban J connectivity index is 1.98. The smallest absolute Gasteiger partial charge is 0.0385 e. The number of nitrogens with one attached hydrogen (secondary N) is 2. The van der Waals surface area contributed by atoms with E-state index in [-0.39, 0.29) is 0 Å². The molecule has 1 aromatic carbocycles. The summed E-state index contributed by atoms with van der Waals surface area (Å²) in [6, 6.07) is 7.05. The number of hydrogen-bond donors (Lipinski definition) is 2. The lowest BCUT2D eigenvalue weighted by Crippen LogP contribution is -2.41. The fraction of sp³-hybridized carbons (Fsp3) is 0.538. The van der Waals surface area contributed by atoms with Gasteiger partial charge in [-0.3, -0.25) is 0 Å². The molecule has 88 valence electrons. The predicted octanol–water partition coefficient (Wildman–Crippen LogP) is 3.03. The second-order valence-corrected chi connectivity index (χ2v) is 5.80. The van der Waals surface area contributed by atoms with Crippen LogP contribution in [0.2, 0.25) is 0 Å². The quantitative estimate of drug-likeness (QED) is 0.891. The SMILES string of the molecule is CC(C)CNC1CNc2cc(Br)ccc2C1. The molecule has 1 unspecified atom stereocenters. The van der Waals surface area contributed by atoms with Crippen LogP contribution in [0, 0.1) is 5.92 Å². The fourth-order valence-corrected chi connectivity index (χ4v) is 2.37. The summed E-state index contributed by atoms with van der Waals surface area (Å²) in [6.45, 7) is 6.61. The van der Waals surface area contributed by atoms with E-state index >= 15 is 0 Å². The fourth-order valence-electron chi connectivity index (χ4n) is 2.01. The van der Waals surface area contributed by atoms with Crippen LogP contribution in [0.25, 0.3) is 0 Å². The number of benzene rings is 1. The van der Waals surface area contributed by atoms with Crippen LogP contribution in [0.3, 0.4) is 0 Å². The van der Waals surface area contributed by atoms with Gasteiger partial charge in [0.25, 0.3) is 0 Å². The normalized spacial score (nSPS) is 19.4. The molecule has 0 saturated carbocycles. The molecule has 0 aliphatic carbocycles. The molecule has 2 N–H and O–H groups in total. The maximum Gasteiger partial charge on any atom is 0.0385 e. The monoisotopic (exact) mass is 282 g/mol. The lowest BCUT2D eigenvalue weighted by molar-refractivity contribution is 0.465. The summed E-state index contributed by atoms with van der Waals surface area (Å²) in [7, 11) is 0. The van der Waals surface area contributed by atoms with Gasteiger partial charge in [-0.15, -0.1) is 0 Å². The first-order chi connectivity index (χ1) is 7.65. The molecule has 2 rings (SSSR count). The Labute approximate surface area is 106 Å². The zero-order valence-electron chi connectivity index (χ0n) is 9.89. The Morgan fingerprint density at radius 1 is 1.50 bits per heavy atom. The Hall–Kier alpha value is -0.540. The number of halogens is 1. The number of rotatable bonds is 3. The Kier molecular flexibility index (Phi) is 3.87. The summed E-state index contributed by atoms with van der Waals surface area (Å²) in [6.07, 6.45) is 1.13. The Morgan fingerprint density at radius 2 is 2.31 bits per heavy atom. The van der Waals surface area contributed by atoms with Crippen molar-refractivity contribution < 1.29 is 0 Å². The topological polar surface area (TPSA) is 24.1 Å². The summed E-state index contributed by atoms with van der Waals surface area (Å²) in [5.74, 6) is 0.714. The lowest BCUT2D eigenvalue weighted by Gasteiger charge is -2.27. The summed E-state index contributed by atoms with van der Waals surface area (Å²) in [5, 5.41) is 7.09. The second kappa shape index (κ2) is 5.19. The van der Waals surface area contributed by atoms with Gasteiger partial charge in [0, 0.05) is 22.7 Å². The standard InChI is InChI=1S/C13H19BrN2/c1-9(2)7-15-12-5-10-3-4-11(14)6-13(10)16-8-12/h3-4,6,9,12,15-16H,5,7-8H2,1-2H3. The number of hydrogen-bond acceptors (Lipinski definition) is 2. The predicted molar refractivity (Wildman–Crippen MR) is 73.0 cm³/mol. The number of fused-ring (bicyclic) bond motifs is 1. The third-order valence-corrected chi connectivity index (χ3v) is 3.39. The summed E-state index contributed by atoms with van der Waals surface area (Å²) >= 11 is 3.50. The van der Waals surface area contributed by atoms with Crippen molar-refractivity contribution >= 4 is 21.6 Å². The van der Waals surface area contributed by atoms with Crippen molar-refractivity contribution in [1.82, 2.24) is 5.32 Å². The summed E-state index contributed by atoms with van der Waals surface area (Å²) in [5.41, 5.74) is 2.69. The van der Waals surface area contributed by atoms with Crippen molar-refractivity contribution in [1.29, 1.82) is 0 Å². The van der Waals surface area contributed by atoms with E-state index in [1.54, 1.807) is 0 Å². The van der Waals surface area contributed by atoms with Crippen molar-refractivity contribution in [3.8, 4) is 0 Å². The zero-order valence-corrected chi connectivity index (χ0v) is 11.5. The highest BCUT2D eigenvalue weighted by Gasteiger charge is 2.17. The van der Waals surface area contributed by atoms with Gasteiger partial charge in [-0.25, -0.2) is 0 Å². The molecule has 0 fully saturated rings. The largest absolute Gasteiger partial charge is 0.383 e. The molecule has 1 atom stereocenters. The molecule has 0 radical (unpaired) electrons. The first-order valence-electron chi connectivity index (χ1n) is 5.91. The first kappa shape index (κ1) is 11.9. The van der Waals surface area contributed by atoms with Gasteiger partial charge >= 0.3 is 0 Å². The minimum Gasteiger partial charge on any atom is -0.383 e. The van der Waals surface area contributed by atoms with E-state index in [4.69, 9.17) is 0 Å². The van der Waals surface area contributed by atoms with E-state index in [0.717, 1.165) is 24.0 Å². The van der Waals surface area contributed by atoms with Crippen molar-refractivity contribution in [2.45, 2.75) is 26.3 Å². The van der Waals surface area contributed by atoms with Crippen LogP contribution in [0.1, 0.15) is 19.4 Å². The van der Waals surface area contributed by atoms with Crippen LogP contribution in [-0.2, 0) is 6.42 Å². The summed E-state index contributed by atoms with van der Waals surface area (Å²) < 4.78 is 1.15. The van der Waals surface area contributed by atoms with E-state index in [1.807, 2.05) is 0 Å². The molecular formula is C13H19BrN2. The van der Waals surface area contributed by atoms with Gasteiger partial charge in [-0.2, -0.15) is 0 Å². The maximum atomic E-state index is 3.60. The van der Waals surface area contributed by atoms with E-state index in [1.165, 1.54) is 11.3 Å². The molecule has 0 amide bonds.